The number of terminal acetylenes is 1. The first-order valence-electron chi connectivity index (χ1n) is 6.45. The molecule has 0 aliphatic heterocycles. The molecule has 0 radical (unpaired) electrons. The van der Waals surface area contributed by atoms with Crippen molar-refractivity contribution in [2.75, 3.05) is 0 Å². The Morgan fingerprint density at radius 1 is 1.39 bits per heavy atom. The van der Waals surface area contributed by atoms with Gasteiger partial charge in [-0.15, -0.1) is 12.3 Å². The van der Waals surface area contributed by atoms with Crippen molar-refractivity contribution in [1.82, 2.24) is 5.43 Å². The van der Waals surface area contributed by atoms with E-state index in [1.807, 2.05) is 0 Å². The maximum absolute atomic E-state index is 12.7. The Labute approximate surface area is 106 Å². The SMILES string of the molecule is C#CCCCC(NN)C1CCCC(C(F)(F)F)C1. The summed E-state index contributed by atoms with van der Waals surface area (Å²) in [5.74, 6) is 6.83. The Hall–Kier alpha value is -0.730. The van der Waals surface area contributed by atoms with Crippen LogP contribution in [0.2, 0.25) is 0 Å². The average Bonchev–Trinajstić information content (AvgIpc) is 2.34. The van der Waals surface area contributed by atoms with E-state index in [-0.39, 0.29) is 24.8 Å². The molecule has 0 aromatic rings. The summed E-state index contributed by atoms with van der Waals surface area (Å²) in [6.45, 7) is 0. The summed E-state index contributed by atoms with van der Waals surface area (Å²) in [5, 5.41) is 0. The lowest BCUT2D eigenvalue weighted by Gasteiger charge is -2.35. The highest BCUT2D eigenvalue weighted by atomic mass is 19.4. The van der Waals surface area contributed by atoms with E-state index >= 15 is 0 Å². The van der Waals surface area contributed by atoms with Crippen molar-refractivity contribution in [1.29, 1.82) is 0 Å². The van der Waals surface area contributed by atoms with Gasteiger partial charge in [0.15, 0.2) is 0 Å². The van der Waals surface area contributed by atoms with Crippen molar-refractivity contribution >= 4 is 0 Å². The summed E-state index contributed by atoms with van der Waals surface area (Å²) in [5.41, 5.74) is 2.67. The van der Waals surface area contributed by atoms with E-state index in [9.17, 15) is 13.2 Å². The minimum Gasteiger partial charge on any atom is -0.271 e. The predicted octanol–water partition coefficient (Wildman–Crippen LogP) is 2.99. The van der Waals surface area contributed by atoms with Crippen LogP contribution in [0.25, 0.3) is 0 Å². The molecular weight excluding hydrogens is 241 g/mol. The Morgan fingerprint density at radius 2 is 2.11 bits per heavy atom. The minimum atomic E-state index is -4.07. The van der Waals surface area contributed by atoms with Crippen molar-refractivity contribution in [3.05, 3.63) is 0 Å². The van der Waals surface area contributed by atoms with Gasteiger partial charge in [-0.3, -0.25) is 11.3 Å². The summed E-state index contributed by atoms with van der Waals surface area (Å²) in [7, 11) is 0. The van der Waals surface area contributed by atoms with E-state index in [1.165, 1.54) is 0 Å². The maximum atomic E-state index is 12.7. The van der Waals surface area contributed by atoms with Crippen molar-refractivity contribution in [2.45, 2.75) is 57.2 Å². The first-order valence-corrected chi connectivity index (χ1v) is 6.45. The molecule has 3 N–H and O–H groups in total. The van der Waals surface area contributed by atoms with Crippen LogP contribution >= 0.6 is 0 Å². The molecule has 0 heterocycles. The van der Waals surface area contributed by atoms with Gasteiger partial charge in [0, 0.05) is 12.5 Å². The quantitative estimate of drug-likeness (QED) is 0.346. The van der Waals surface area contributed by atoms with E-state index in [4.69, 9.17) is 12.3 Å². The molecule has 3 unspecified atom stereocenters. The molecule has 1 rings (SSSR count). The van der Waals surface area contributed by atoms with Crippen molar-refractivity contribution < 1.29 is 13.2 Å². The number of nitrogens with one attached hydrogen (secondary N) is 1. The molecule has 2 nitrogen and oxygen atoms in total. The van der Waals surface area contributed by atoms with Crippen molar-refractivity contribution in [3.8, 4) is 12.3 Å². The third-order valence-electron chi connectivity index (χ3n) is 3.80. The minimum absolute atomic E-state index is 0.00755. The number of alkyl halides is 3. The molecule has 0 aromatic heterocycles. The van der Waals surface area contributed by atoms with Gasteiger partial charge in [-0.2, -0.15) is 13.2 Å². The first-order chi connectivity index (χ1) is 8.49. The van der Waals surface area contributed by atoms with Crippen LogP contribution in [0, 0.1) is 24.2 Å². The van der Waals surface area contributed by atoms with Gasteiger partial charge >= 0.3 is 6.18 Å². The third-order valence-corrected chi connectivity index (χ3v) is 3.80. The molecule has 0 saturated heterocycles. The smallest absolute Gasteiger partial charge is 0.271 e. The lowest BCUT2D eigenvalue weighted by Crippen LogP contribution is -2.44. The molecule has 5 heteroatoms. The molecule has 1 saturated carbocycles. The highest BCUT2D eigenvalue weighted by Gasteiger charge is 2.43. The summed E-state index contributed by atoms with van der Waals surface area (Å²) >= 11 is 0. The fourth-order valence-corrected chi connectivity index (χ4v) is 2.77. The second-order valence-electron chi connectivity index (χ2n) is 5.03. The van der Waals surface area contributed by atoms with Gasteiger partial charge in [-0.25, -0.2) is 0 Å². The highest BCUT2D eigenvalue weighted by molar-refractivity contribution is 4.87. The number of rotatable bonds is 5. The molecule has 1 aliphatic carbocycles. The van der Waals surface area contributed by atoms with Crippen LogP contribution in [0.3, 0.4) is 0 Å². The van der Waals surface area contributed by atoms with Crippen LogP contribution in [0.4, 0.5) is 13.2 Å². The van der Waals surface area contributed by atoms with Crippen LogP contribution in [0.5, 0.6) is 0 Å². The van der Waals surface area contributed by atoms with Gasteiger partial charge in [-0.05, 0) is 38.0 Å². The average molecular weight is 262 g/mol. The van der Waals surface area contributed by atoms with Crippen molar-refractivity contribution in [3.63, 3.8) is 0 Å². The van der Waals surface area contributed by atoms with Crippen LogP contribution in [0.1, 0.15) is 44.9 Å². The number of hydrogen-bond donors (Lipinski definition) is 2. The number of hydrazine groups is 1. The van der Waals surface area contributed by atoms with Gasteiger partial charge in [0.25, 0.3) is 0 Å². The molecule has 3 atom stereocenters. The molecule has 18 heavy (non-hydrogen) atoms. The Morgan fingerprint density at radius 3 is 2.67 bits per heavy atom. The van der Waals surface area contributed by atoms with Gasteiger partial charge in [0.1, 0.15) is 0 Å². The summed E-state index contributed by atoms with van der Waals surface area (Å²) in [4.78, 5) is 0. The van der Waals surface area contributed by atoms with Gasteiger partial charge in [0.05, 0.1) is 5.92 Å². The monoisotopic (exact) mass is 262 g/mol. The molecule has 1 aliphatic rings. The van der Waals surface area contributed by atoms with E-state index in [0.717, 1.165) is 19.3 Å². The molecule has 0 amide bonds. The largest absolute Gasteiger partial charge is 0.391 e. The molecule has 104 valence electrons. The Balaban J connectivity index is 2.50. The second kappa shape index (κ2) is 7.01. The van der Waals surface area contributed by atoms with Gasteiger partial charge < -0.3 is 0 Å². The number of halogens is 3. The summed E-state index contributed by atoms with van der Waals surface area (Å²) < 4.78 is 38.1. The Kier molecular flexibility index (Phi) is 5.97. The van der Waals surface area contributed by atoms with Crippen LogP contribution in [-0.4, -0.2) is 12.2 Å². The number of nitrogens with two attached hydrogens (primary N) is 1. The summed E-state index contributed by atoms with van der Waals surface area (Å²) in [6, 6.07) is -0.0523. The molecular formula is C13H21F3N2. The zero-order chi connectivity index (χ0) is 13.6. The zero-order valence-corrected chi connectivity index (χ0v) is 10.5. The van der Waals surface area contributed by atoms with Crippen molar-refractivity contribution in [2.24, 2.45) is 17.7 Å². The topological polar surface area (TPSA) is 38.0 Å². The normalized spacial score (nSPS) is 26.6. The summed E-state index contributed by atoms with van der Waals surface area (Å²) in [6.07, 6.45) is 5.17. The maximum Gasteiger partial charge on any atom is 0.391 e. The van der Waals surface area contributed by atoms with E-state index in [0.29, 0.717) is 12.8 Å². The lowest BCUT2D eigenvalue weighted by atomic mass is 9.76. The number of unbranched alkanes of at least 4 members (excludes halogenated alkanes) is 1. The van der Waals surface area contributed by atoms with E-state index in [1.54, 1.807) is 0 Å². The fraction of sp³-hybridized carbons (Fsp3) is 0.846. The van der Waals surface area contributed by atoms with Gasteiger partial charge in [-0.1, -0.05) is 6.42 Å². The van der Waals surface area contributed by atoms with E-state index < -0.39 is 12.1 Å². The fourth-order valence-electron chi connectivity index (χ4n) is 2.77. The lowest BCUT2D eigenvalue weighted by molar-refractivity contribution is -0.186. The zero-order valence-electron chi connectivity index (χ0n) is 10.5. The highest BCUT2D eigenvalue weighted by Crippen LogP contribution is 2.41. The van der Waals surface area contributed by atoms with Crippen LogP contribution in [-0.2, 0) is 0 Å². The Bertz CT molecular complexity index is 283. The standard InChI is InChI=1S/C13H21F3N2/c1-2-3-4-8-12(18-17)10-6-5-7-11(9-10)13(14,15)16/h1,10-12,18H,3-9,17H2. The third kappa shape index (κ3) is 4.51. The van der Waals surface area contributed by atoms with E-state index in [2.05, 4.69) is 11.3 Å². The van der Waals surface area contributed by atoms with Crippen LogP contribution in [0.15, 0.2) is 0 Å². The molecule has 0 bridgehead atoms. The number of hydrogen-bond acceptors (Lipinski definition) is 2. The first kappa shape index (κ1) is 15.3. The van der Waals surface area contributed by atoms with Gasteiger partial charge in [0.2, 0.25) is 0 Å². The predicted molar refractivity (Wildman–Crippen MR) is 65.3 cm³/mol. The van der Waals surface area contributed by atoms with Crippen LogP contribution < -0.4 is 11.3 Å². The molecule has 0 spiro atoms. The molecule has 0 aromatic carbocycles. The second-order valence-corrected chi connectivity index (χ2v) is 5.03. The molecule has 1 fully saturated rings.